The number of nitrogens with zero attached hydrogens (tertiary/aromatic N) is 3. The maximum atomic E-state index is 11.1. The molecule has 0 aromatic heterocycles. The van der Waals surface area contributed by atoms with Crippen LogP contribution >= 0.6 is 0 Å². The molecule has 1 saturated heterocycles. The van der Waals surface area contributed by atoms with E-state index in [1.807, 2.05) is 0 Å². The molecule has 0 radical (unpaired) electrons. The average Bonchev–Trinajstić information content (AvgIpc) is 2.67. The first kappa shape index (κ1) is 20.1. The second kappa shape index (κ2) is 10.7. The summed E-state index contributed by atoms with van der Waals surface area (Å²) in [5.41, 5.74) is 0.772. The van der Waals surface area contributed by atoms with Crippen LogP contribution in [-0.4, -0.2) is 62.3 Å². The summed E-state index contributed by atoms with van der Waals surface area (Å²) < 4.78 is 10.9. The zero-order valence-electron chi connectivity index (χ0n) is 15.5. The lowest BCUT2D eigenvalue weighted by molar-refractivity contribution is -0.385. The normalized spacial score (nSPS) is 15.9. The number of aliphatic imine (C=N–C) groups is 1. The first-order chi connectivity index (χ1) is 12.7. The smallest absolute Gasteiger partial charge is 0.274 e. The average molecular weight is 364 g/mol. The zero-order chi connectivity index (χ0) is 18.8. The van der Waals surface area contributed by atoms with Crippen LogP contribution < -0.4 is 5.32 Å². The Morgan fingerprint density at radius 1 is 1.35 bits per heavy atom. The Hall–Kier alpha value is -2.19. The molecule has 1 aliphatic heterocycles. The third kappa shape index (κ3) is 5.96. The number of nitrogens with one attached hydrogen (secondary N) is 1. The van der Waals surface area contributed by atoms with Gasteiger partial charge in [0.1, 0.15) is 0 Å². The van der Waals surface area contributed by atoms with Gasteiger partial charge in [-0.05, 0) is 19.3 Å². The van der Waals surface area contributed by atoms with E-state index < -0.39 is 0 Å². The number of para-hydroxylation sites is 1. The second-order valence-corrected chi connectivity index (χ2v) is 6.19. The SMILES string of the molecule is CN=C(NCc1ccccc1[N+](=O)[O-])N1CCC(OCCCOC)CC1. The van der Waals surface area contributed by atoms with Crippen molar-refractivity contribution in [2.45, 2.75) is 31.9 Å². The lowest BCUT2D eigenvalue weighted by Gasteiger charge is -2.34. The molecule has 0 saturated carbocycles. The third-order valence-electron chi connectivity index (χ3n) is 4.42. The van der Waals surface area contributed by atoms with Crippen LogP contribution in [0.15, 0.2) is 29.3 Å². The molecule has 1 aromatic rings. The van der Waals surface area contributed by atoms with Crippen molar-refractivity contribution < 1.29 is 14.4 Å². The molecule has 0 bridgehead atoms. The Labute approximate surface area is 154 Å². The first-order valence-corrected chi connectivity index (χ1v) is 8.94. The minimum absolute atomic E-state index is 0.124. The maximum absolute atomic E-state index is 11.1. The molecule has 0 aliphatic carbocycles. The lowest BCUT2D eigenvalue weighted by Crippen LogP contribution is -2.46. The molecule has 0 unspecified atom stereocenters. The summed E-state index contributed by atoms with van der Waals surface area (Å²) in [4.78, 5) is 17.2. The van der Waals surface area contributed by atoms with Crippen LogP contribution in [0.4, 0.5) is 5.69 Å². The molecule has 144 valence electrons. The summed E-state index contributed by atoms with van der Waals surface area (Å²) in [5.74, 6) is 0.765. The highest BCUT2D eigenvalue weighted by Gasteiger charge is 2.22. The highest BCUT2D eigenvalue weighted by atomic mass is 16.6. The minimum Gasteiger partial charge on any atom is -0.385 e. The van der Waals surface area contributed by atoms with Crippen molar-refractivity contribution in [1.29, 1.82) is 0 Å². The Morgan fingerprint density at radius 2 is 2.08 bits per heavy atom. The first-order valence-electron chi connectivity index (χ1n) is 8.94. The summed E-state index contributed by atoms with van der Waals surface area (Å²) in [6, 6.07) is 6.76. The third-order valence-corrected chi connectivity index (χ3v) is 4.42. The van der Waals surface area contributed by atoms with Crippen LogP contribution in [0.1, 0.15) is 24.8 Å². The number of guanidine groups is 1. The van der Waals surface area contributed by atoms with E-state index in [1.165, 1.54) is 6.07 Å². The van der Waals surface area contributed by atoms with Gasteiger partial charge in [0.05, 0.1) is 11.0 Å². The molecular formula is C18H28N4O4. The van der Waals surface area contributed by atoms with Crippen LogP contribution in [0.3, 0.4) is 0 Å². The van der Waals surface area contributed by atoms with Crippen molar-refractivity contribution in [3.05, 3.63) is 39.9 Å². The Balaban J connectivity index is 1.81. The fraction of sp³-hybridized carbons (Fsp3) is 0.611. The summed E-state index contributed by atoms with van der Waals surface area (Å²) in [6.45, 7) is 3.53. The van der Waals surface area contributed by atoms with Gasteiger partial charge >= 0.3 is 0 Å². The Bertz CT molecular complexity index is 601. The summed E-state index contributed by atoms with van der Waals surface area (Å²) in [7, 11) is 3.43. The van der Waals surface area contributed by atoms with Gasteiger partial charge in [0.25, 0.3) is 5.69 Å². The molecule has 1 N–H and O–H groups in total. The second-order valence-electron chi connectivity index (χ2n) is 6.19. The Morgan fingerprint density at radius 3 is 2.73 bits per heavy atom. The number of hydrogen-bond acceptors (Lipinski definition) is 5. The van der Waals surface area contributed by atoms with Gasteiger partial charge in [0, 0.05) is 58.6 Å². The molecule has 1 aromatic carbocycles. The lowest BCUT2D eigenvalue weighted by atomic mass is 10.1. The number of benzene rings is 1. The van der Waals surface area contributed by atoms with Crippen molar-refractivity contribution in [2.75, 3.05) is 40.5 Å². The van der Waals surface area contributed by atoms with Crippen molar-refractivity contribution in [3.63, 3.8) is 0 Å². The highest BCUT2D eigenvalue weighted by molar-refractivity contribution is 5.80. The van der Waals surface area contributed by atoms with Gasteiger partial charge in [-0.15, -0.1) is 0 Å². The predicted octanol–water partition coefficient (Wildman–Crippen LogP) is 2.19. The molecule has 2 rings (SSSR count). The quantitative estimate of drug-likeness (QED) is 0.250. The molecule has 0 atom stereocenters. The molecule has 26 heavy (non-hydrogen) atoms. The van der Waals surface area contributed by atoms with Crippen molar-refractivity contribution in [1.82, 2.24) is 10.2 Å². The fourth-order valence-electron chi connectivity index (χ4n) is 3.03. The number of nitro benzene ring substituents is 1. The number of rotatable bonds is 8. The van der Waals surface area contributed by atoms with Crippen LogP contribution in [0.2, 0.25) is 0 Å². The van der Waals surface area contributed by atoms with E-state index in [0.29, 0.717) is 12.1 Å². The summed E-state index contributed by atoms with van der Waals surface area (Å²) in [5, 5.41) is 14.4. The molecule has 1 heterocycles. The van der Waals surface area contributed by atoms with Gasteiger partial charge in [-0.2, -0.15) is 0 Å². The molecule has 8 heteroatoms. The van der Waals surface area contributed by atoms with Gasteiger partial charge in [0.2, 0.25) is 0 Å². The van der Waals surface area contributed by atoms with E-state index in [1.54, 1.807) is 32.4 Å². The number of hydrogen-bond donors (Lipinski definition) is 1. The predicted molar refractivity (Wildman–Crippen MR) is 100 cm³/mol. The summed E-state index contributed by atoms with van der Waals surface area (Å²) >= 11 is 0. The van der Waals surface area contributed by atoms with Crippen LogP contribution in [0.25, 0.3) is 0 Å². The van der Waals surface area contributed by atoms with Crippen molar-refractivity contribution >= 4 is 11.6 Å². The molecule has 8 nitrogen and oxygen atoms in total. The van der Waals surface area contributed by atoms with Gasteiger partial charge in [-0.1, -0.05) is 18.2 Å². The van der Waals surface area contributed by atoms with Gasteiger partial charge < -0.3 is 19.7 Å². The van der Waals surface area contributed by atoms with E-state index >= 15 is 0 Å². The van der Waals surface area contributed by atoms with Gasteiger partial charge in [-0.3, -0.25) is 15.1 Å². The number of piperidine rings is 1. The highest BCUT2D eigenvalue weighted by Crippen LogP contribution is 2.18. The van der Waals surface area contributed by atoms with E-state index in [9.17, 15) is 10.1 Å². The van der Waals surface area contributed by atoms with Crippen molar-refractivity contribution in [2.24, 2.45) is 4.99 Å². The topological polar surface area (TPSA) is 89.2 Å². The van der Waals surface area contributed by atoms with E-state index in [0.717, 1.165) is 51.5 Å². The molecule has 0 amide bonds. The zero-order valence-corrected chi connectivity index (χ0v) is 15.5. The van der Waals surface area contributed by atoms with Gasteiger partial charge in [-0.25, -0.2) is 0 Å². The molecule has 1 fully saturated rings. The van der Waals surface area contributed by atoms with Crippen LogP contribution in [0, 0.1) is 10.1 Å². The summed E-state index contributed by atoms with van der Waals surface area (Å²) in [6.07, 6.45) is 3.07. The standard InChI is InChI=1S/C18H28N4O4/c1-19-18(20-14-15-6-3-4-7-17(15)22(23)24)21-10-8-16(9-11-21)26-13-5-12-25-2/h3-4,6-7,16H,5,8-14H2,1-2H3,(H,19,20). The van der Waals surface area contributed by atoms with E-state index in [4.69, 9.17) is 9.47 Å². The molecule has 0 spiro atoms. The molecular weight excluding hydrogens is 336 g/mol. The maximum Gasteiger partial charge on any atom is 0.274 e. The van der Waals surface area contributed by atoms with Gasteiger partial charge in [0.15, 0.2) is 5.96 Å². The van der Waals surface area contributed by atoms with E-state index in [2.05, 4.69) is 15.2 Å². The van der Waals surface area contributed by atoms with Crippen LogP contribution in [0.5, 0.6) is 0 Å². The number of nitro groups is 1. The molecule has 1 aliphatic rings. The number of methoxy groups -OCH3 is 1. The largest absolute Gasteiger partial charge is 0.385 e. The van der Waals surface area contributed by atoms with E-state index in [-0.39, 0.29) is 16.7 Å². The number of ether oxygens (including phenoxy) is 2. The fourth-order valence-corrected chi connectivity index (χ4v) is 3.03. The number of likely N-dealkylation sites (tertiary alicyclic amines) is 1. The van der Waals surface area contributed by atoms with Crippen molar-refractivity contribution in [3.8, 4) is 0 Å². The minimum atomic E-state index is -0.355. The monoisotopic (exact) mass is 364 g/mol. The van der Waals surface area contributed by atoms with Crippen LogP contribution in [-0.2, 0) is 16.0 Å². The Kier molecular flexibility index (Phi) is 8.30.